The van der Waals surface area contributed by atoms with Gasteiger partial charge in [-0.15, -0.1) is 0 Å². The minimum absolute atomic E-state index is 0.280. The Hall–Kier alpha value is -1.91. The van der Waals surface area contributed by atoms with Crippen LogP contribution in [0.2, 0.25) is 0 Å². The fourth-order valence-corrected chi connectivity index (χ4v) is 1.49. The van der Waals surface area contributed by atoms with Crippen molar-refractivity contribution in [1.29, 1.82) is 0 Å². The number of hydrogen-bond donors (Lipinski definition) is 0. The highest BCUT2D eigenvalue weighted by Crippen LogP contribution is 2.10. The third-order valence-electron chi connectivity index (χ3n) is 2.37. The van der Waals surface area contributed by atoms with Crippen LogP contribution in [0.25, 0.3) is 0 Å². The molecule has 0 bridgehead atoms. The van der Waals surface area contributed by atoms with E-state index in [1.54, 1.807) is 12.5 Å². The van der Waals surface area contributed by atoms with E-state index >= 15 is 0 Å². The van der Waals surface area contributed by atoms with Crippen molar-refractivity contribution in [3.05, 3.63) is 36.0 Å². The molecule has 5 heteroatoms. The molecule has 2 rings (SSSR count). The fraction of sp³-hybridized carbons (Fsp3) is 0.417. The molecular weight excluding hydrogens is 216 g/mol. The van der Waals surface area contributed by atoms with E-state index in [2.05, 4.69) is 28.9 Å². The molecule has 17 heavy (non-hydrogen) atoms. The molecule has 0 spiro atoms. The van der Waals surface area contributed by atoms with E-state index in [0.717, 1.165) is 11.4 Å². The molecule has 2 aromatic heterocycles. The Kier molecular flexibility index (Phi) is 3.37. The maximum atomic E-state index is 5.56. The zero-order valence-corrected chi connectivity index (χ0v) is 10.3. The van der Waals surface area contributed by atoms with E-state index in [-0.39, 0.29) is 6.04 Å². The molecule has 0 amide bonds. The van der Waals surface area contributed by atoms with Crippen molar-refractivity contribution in [2.45, 2.75) is 33.4 Å². The molecule has 0 fully saturated rings. The molecule has 0 aliphatic rings. The lowest BCUT2D eigenvalue weighted by Gasteiger charge is -2.09. The summed E-state index contributed by atoms with van der Waals surface area (Å²) in [5, 5.41) is 4.15. The number of nitrogens with zero attached hydrogens (tertiary/aromatic N) is 4. The van der Waals surface area contributed by atoms with E-state index in [1.165, 1.54) is 0 Å². The van der Waals surface area contributed by atoms with Gasteiger partial charge in [0.2, 0.25) is 5.88 Å². The van der Waals surface area contributed by atoms with Gasteiger partial charge >= 0.3 is 0 Å². The van der Waals surface area contributed by atoms with E-state index in [4.69, 9.17) is 4.74 Å². The number of hydrogen-bond acceptors (Lipinski definition) is 4. The second-order valence-electron chi connectivity index (χ2n) is 4.18. The molecule has 0 atom stereocenters. The van der Waals surface area contributed by atoms with Gasteiger partial charge in [0.15, 0.2) is 5.82 Å². The van der Waals surface area contributed by atoms with Crippen LogP contribution >= 0.6 is 0 Å². The third-order valence-corrected chi connectivity index (χ3v) is 2.37. The van der Waals surface area contributed by atoms with Crippen molar-refractivity contribution in [2.24, 2.45) is 0 Å². The lowest BCUT2D eigenvalue weighted by atomic mass is 10.3. The Morgan fingerprint density at radius 3 is 2.76 bits per heavy atom. The van der Waals surface area contributed by atoms with E-state index < -0.39 is 0 Å². The van der Waals surface area contributed by atoms with Crippen LogP contribution in [0.1, 0.15) is 31.3 Å². The Morgan fingerprint density at radius 2 is 2.12 bits per heavy atom. The molecular formula is C12H16N4O. The summed E-state index contributed by atoms with van der Waals surface area (Å²) in [5.41, 5.74) is 1.11. The lowest BCUT2D eigenvalue weighted by Crippen LogP contribution is -2.11. The minimum atomic E-state index is 0.280. The molecule has 5 nitrogen and oxygen atoms in total. The maximum absolute atomic E-state index is 5.56. The summed E-state index contributed by atoms with van der Waals surface area (Å²) in [6, 6.07) is 4.10. The van der Waals surface area contributed by atoms with E-state index in [1.807, 2.05) is 23.7 Å². The monoisotopic (exact) mass is 232 g/mol. The number of aryl methyl sites for hydroxylation is 1. The van der Waals surface area contributed by atoms with Gasteiger partial charge < -0.3 is 4.74 Å². The predicted molar refractivity (Wildman–Crippen MR) is 63.7 cm³/mol. The lowest BCUT2D eigenvalue weighted by molar-refractivity contribution is 0.272. The SMILES string of the molecule is Cc1ccc(OCc2ncnn2C(C)C)nc1. The minimum Gasteiger partial charge on any atom is -0.469 e. The van der Waals surface area contributed by atoms with Crippen molar-refractivity contribution in [2.75, 3.05) is 0 Å². The Morgan fingerprint density at radius 1 is 1.29 bits per heavy atom. The summed E-state index contributed by atoms with van der Waals surface area (Å²) >= 11 is 0. The molecule has 0 N–H and O–H groups in total. The van der Waals surface area contributed by atoms with Gasteiger partial charge in [-0.25, -0.2) is 14.6 Å². The van der Waals surface area contributed by atoms with Crippen LogP contribution in [0.5, 0.6) is 5.88 Å². The van der Waals surface area contributed by atoms with Gasteiger partial charge in [-0.2, -0.15) is 5.10 Å². The standard InChI is InChI=1S/C12H16N4O/c1-9(2)16-11(14-8-15-16)7-17-12-5-4-10(3)6-13-12/h4-6,8-9H,7H2,1-3H3. The van der Waals surface area contributed by atoms with Gasteiger partial charge in [0, 0.05) is 18.3 Å². The first-order chi connectivity index (χ1) is 8.16. The quantitative estimate of drug-likeness (QED) is 0.810. The summed E-state index contributed by atoms with van der Waals surface area (Å²) in [6.07, 6.45) is 3.32. The zero-order valence-electron chi connectivity index (χ0n) is 10.3. The molecule has 2 heterocycles. The van der Waals surface area contributed by atoms with Gasteiger partial charge in [0.05, 0.1) is 0 Å². The van der Waals surface area contributed by atoms with Crippen molar-refractivity contribution in [3.8, 4) is 5.88 Å². The van der Waals surface area contributed by atoms with Crippen molar-refractivity contribution in [1.82, 2.24) is 19.7 Å². The summed E-state index contributed by atoms with van der Waals surface area (Å²) in [5.74, 6) is 1.41. The molecule has 0 aliphatic heterocycles. The molecule has 90 valence electrons. The Labute approximate surface area is 100 Å². The number of aromatic nitrogens is 4. The van der Waals surface area contributed by atoms with Crippen LogP contribution in [-0.2, 0) is 6.61 Å². The smallest absolute Gasteiger partial charge is 0.213 e. The predicted octanol–water partition coefficient (Wildman–Crippen LogP) is 2.14. The van der Waals surface area contributed by atoms with E-state index in [0.29, 0.717) is 12.5 Å². The third kappa shape index (κ3) is 2.81. The first kappa shape index (κ1) is 11.6. The number of ether oxygens (including phenoxy) is 1. The largest absolute Gasteiger partial charge is 0.469 e. The van der Waals surface area contributed by atoms with Gasteiger partial charge in [-0.1, -0.05) is 6.07 Å². The van der Waals surface area contributed by atoms with Gasteiger partial charge in [-0.3, -0.25) is 0 Å². The van der Waals surface area contributed by atoms with Crippen LogP contribution in [0.4, 0.5) is 0 Å². The maximum Gasteiger partial charge on any atom is 0.213 e. The highest BCUT2D eigenvalue weighted by molar-refractivity contribution is 5.16. The highest BCUT2D eigenvalue weighted by Gasteiger charge is 2.08. The topological polar surface area (TPSA) is 52.8 Å². The first-order valence-electron chi connectivity index (χ1n) is 5.60. The Bertz CT molecular complexity index is 476. The molecule has 2 aromatic rings. The zero-order chi connectivity index (χ0) is 12.3. The second-order valence-corrected chi connectivity index (χ2v) is 4.18. The summed E-state index contributed by atoms with van der Waals surface area (Å²) in [4.78, 5) is 8.34. The van der Waals surface area contributed by atoms with Gasteiger partial charge in [-0.05, 0) is 26.3 Å². The first-order valence-corrected chi connectivity index (χ1v) is 5.60. The highest BCUT2D eigenvalue weighted by atomic mass is 16.5. The van der Waals surface area contributed by atoms with Gasteiger partial charge in [0.1, 0.15) is 12.9 Å². The van der Waals surface area contributed by atoms with Crippen LogP contribution in [0.15, 0.2) is 24.7 Å². The van der Waals surface area contributed by atoms with Crippen LogP contribution in [-0.4, -0.2) is 19.7 Å². The summed E-state index contributed by atoms with van der Waals surface area (Å²) in [7, 11) is 0. The van der Waals surface area contributed by atoms with E-state index in [9.17, 15) is 0 Å². The molecule has 0 saturated heterocycles. The molecule has 0 radical (unpaired) electrons. The Balaban J connectivity index is 2.02. The number of rotatable bonds is 4. The number of pyridine rings is 1. The average molecular weight is 232 g/mol. The van der Waals surface area contributed by atoms with Crippen LogP contribution in [0, 0.1) is 6.92 Å². The fourth-order valence-electron chi connectivity index (χ4n) is 1.49. The normalized spacial score (nSPS) is 10.8. The summed E-state index contributed by atoms with van der Waals surface area (Å²) < 4.78 is 7.40. The van der Waals surface area contributed by atoms with Crippen LogP contribution in [0.3, 0.4) is 0 Å². The van der Waals surface area contributed by atoms with Crippen LogP contribution < -0.4 is 4.74 Å². The second kappa shape index (κ2) is 4.95. The van der Waals surface area contributed by atoms with Crippen molar-refractivity contribution >= 4 is 0 Å². The molecule has 0 aromatic carbocycles. The van der Waals surface area contributed by atoms with Crippen molar-refractivity contribution in [3.63, 3.8) is 0 Å². The van der Waals surface area contributed by atoms with Crippen molar-refractivity contribution < 1.29 is 4.74 Å². The summed E-state index contributed by atoms with van der Waals surface area (Å²) in [6.45, 7) is 6.49. The molecule has 0 aliphatic carbocycles. The molecule has 0 unspecified atom stereocenters. The van der Waals surface area contributed by atoms with Gasteiger partial charge in [0.25, 0.3) is 0 Å². The molecule has 0 saturated carbocycles. The average Bonchev–Trinajstić information content (AvgIpc) is 2.76.